The van der Waals surface area contributed by atoms with Gasteiger partial charge in [0, 0.05) is 6.54 Å². The highest BCUT2D eigenvalue weighted by atomic mass is 16.5. The van der Waals surface area contributed by atoms with Crippen LogP contribution in [0.25, 0.3) is 0 Å². The van der Waals surface area contributed by atoms with Crippen LogP contribution in [0.5, 0.6) is 5.75 Å². The smallest absolute Gasteiger partial charge is 0.237 e. The molecule has 5 heteroatoms. The number of nitrogens with two attached hydrogens (primary N) is 1. The summed E-state index contributed by atoms with van der Waals surface area (Å²) < 4.78 is 5.06. The third kappa shape index (κ3) is 3.22. The van der Waals surface area contributed by atoms with Gasteiger partial charge in [-0.2, -0.15) is 5.26 Å². The Kier molecular flexibility index (Phi) is 4.29. The van der Waals surface area contributed by atoms with Crippen LogP contribution >= 0.6 is 0 Å². The van der Waals surface area contributed by atoms with Crippen molar-refractivity contribution in [2.24, 2.45) is 5.73 Å². The van der Waals surface area contributed by atoms with E-state index in [-0.39, 0.29) is 0 Å². The van der Waals surface area contributed by atoms with Crippen molar-refractivity contribution < 1.29 is 9.53 Å². The van der Waals surface area contributed by atoms with Crippen LogP contribution < -0.4 is 15.8 Å². The predicted molar refractivity (Wildman–Crippen MR) is 67.8 cm³/mol. The molecule has 0 spiro atoms. The van der Waals surface area contributed by atoms with Gasteiger partial charge in [0.15, 0.2) is 0 Å². The highest BCUT2D eigenvalue weighted by Gasteiger charge is 2.23. The summed E-state index contributed by atoms with van der Waals surface area (Å²) in [7, 11) is 1.52. The Balaban J connectivity index is 2.82. The quantitative estimate of drug-likeness (QED) is 0.809. The molecule has 0 unspecified atom stereocenters. The average molecular weight is 247 g/mol. The number of ether oxygens (including phenoxy) is 1. The van der Waals surface area contributed by atoms with Crippen molar-refractivity contribution in [3.8, 4) is 11.8 Å². The Labute approximate surface area is 107 Å². The zero-order valence-corrected chi connectivity index (χ0v) is 10.8. The fourth-order valence-electron chi connectivity index (χ4n) is 1.36. The second kappa shape index (κ2) is 5.52. The number of rotatable bonds is 5. The molecule has 0 saturated heterocycles. The molecule has 96 valence electrons. The van der Waals surface area contributed by atoms with Crippen LogP contribution in [0, 0.1) is 11.3 Å². The van der Waals surface area contributed by atoms with Crippen LogP contribution in [0.15, 0.2) is 18.2 Å². The van der Waals surface area contributed by atoms with Gasteiger partial charge in [-0.1, -0.05) is 6.07 Å². The molecular weight excluding hydrogens is 230 g/mol. The molecule has 0 radical (unpaired) electrons. The van der Waals surface area contributed by atoms with E-state index in [0.29, 0.717) is 17.9 Å². The minimum atomic E-state index is -0.785. The van der Waals surface area contributed by atoms with Gasteiger partial charge in [-0.3, -0.25) is 10.1 Å². The third-order valence-corrected chi connectivity index (χ3v) is 2.73. The molecule has 5 nitrogen and oxygen atoms in total. The van der Waals surface area contributed by atoms with Crippen molar-refractivity contribution in [1.82, 2.24) is 5.32 Å². The number of nitrogens with zero attached hydrogens (tertiary/aromatic N) is 1. The van der Waals surface area contributed by atoms with Crippen LogP contribution in [0.4, 0.5) is 0 Å². The Morgan fingerprint density at radius 3 is 2.72 bits per heavy atom. The first-order valence-electron chi connectivity index (χ1n) is 5.52. The van der Waals surface area contributed by atoms with Gasteiger partial charge in [0.25, 0.3) is 0 Å². The van der Waals surface area contributed by atoms with Crippen LogP contribution in [-0.2, 0) is 11.3 Å². The van der Waals surface area contributed by atoms with Crippen molar-refractivity contribution in [2.45, 2.75) is 25.9 Å². The molecule has 0 heterocycles. The fourth-order valence-corrected chi connectivity index (χ4v) is 1.36. The topological polar surface area (TPSA) is 88.1 Å². The molecule has 1 rings (SSSR count). The van der Waals surface area contributed by atoms with E-state index in [1.165, 1.54) is 7.11 Å². The van der Waals surface area contributed by atoms with Crippen LogP contribution in [0.1, 0.15) is 25.0 Å². The first kappa shape index (κ1) is 14.0. The number of methoxy groups -OCH3 is 1. The molecule has 0 aromatic heterocycles. The lowest BCUT2D eigenvalue weighted by atomic mass is 10.0. The number of hydrogen-bond acceptors (Lipinski definition) is 4. The maximum atomic E-state index is 11.2. The maximum Gasteiger partial charge on any atom is 0.237 e. The van der Waals surface area contributed by atoms with Crippen molar-refractivity contribution in [3.05, 3.63) is 29.3 Å². The Morgan fingerprint density at radius 1 is 1.56 bits per heavy atom. The van der Waals surface area contributed by atoms with E-state index in [2.05, 4.69) is 11.4 Å². The zero-order valence-electron chi connectivity index (χ0n) is 10.8. The molecule has 0 aliphatic carbocycles. The number of benzene rings is 1. The van der Waals surface area contributed by atoms with Crippen molar-refractivity contribution >= 4 is 5.91 Å². The van der Waals surface area contributed by atoms with E-state index in [0.717, 1.165) is 5.56 Å². The normalized spacial score (nSPS) is 10.8. The molecular formula is C13H17N3O2. The molecule has 1 aromatic rings. The molecule has 0 aliphatic heterocycles. The lowest BCUT2D eigenvalue weighted by molar-refractivity contribution is -0.123. The van der Waals surface area contributed by atoms with Gasteiger partial charge in [0.2, 0.25) is 5.91 Å². The van der Waals surface area contributed by atoms with Gasteiger partial charge in [0.1, 0.15) is 11.8 Å². The molecule has 0 bridgehead atoms. The highest BCUT2D eigenvalue weighted by Crippen LogP contribution is 2.19. The Bertz CT molecular complexity index is 489. The molecule has 1 amide bonds. The second-order valence-electron chi connectivity index (χ2n) is 4.49. The standard InChI is InChI=1S/C13H17N3O2/c1-13(2,12(15)17)16-8-9-4-5-11(18-3)10(6-9)7-14/h4-6,16H,8H2,1-3H3,(H2,15,17). The van der Waals surface area contributed by atoms with Gasteiger partial charge in [-0.25, -0.2) is 0 Å². The molecule has 0 fully saturated rings. The number of nitrogens with one attached hydrogen (secondary N) is 1. The van der Waals surface area contributed by atoms with Crippen molar-refractivity contribution in [1.29, 1.82) is 5.26 Å². The first-order valence-corrected chi connectivity index (χ1v) is 5.52. The van der Waals surface area contributed by atoms with Crippen LogP contribution in [-0.4, -0.2) is 18.6 Å². The summed E-state index contributed by atoms with van der Waals surface area (Å²) in [6.45, 7) is 3.88. The summed E-state index contributed by atoms with van der Waals surface area (Å²) in [5, 5.41) is 12.0. The van der Waals surface area contributed by atoms with Crippen molar-refractivity contribution in [2.75, 3.05) is 7.11 Å². The number of hydrogen-bond donors (Lipinski definition) is 2. The maximum absolute atomic E-state index is 11.2. The number of amides is 1. The predicted octanol–water partition coefficient (Wildman–Crippen LogP) is 0.920. The zero-order chi connectivity index (χ0) is 13.8. The Hall–Kier alpha value is -2.06. The van der Waals surface area contributed by atoms with E-state index in [1.54, 1.807) is 26.0 Å². The number of primary amides is 1. The molecule has 0 aliphatic rings. The van der Waals surface area contributed by atoms with Gasteiger partial charge in [-0.05, 0) is 31.5 Å². The van der Waals surface area contributed by atoms with E-state index in [4.69, 9.17) is 15.7 Å². The van der Waals surface area contributed by atoms with Gasteiger partial charge < -0.3 is 10.5 Å². The molecule has 18 heavy (non-hydrogen) atoms. The van der Waals surface area contributed by atoms with Gasteiger partial charge in [-0.15, -0.1) is 0 Å². The lowest BCUT2D eigenvalue weighted by Crippen LogP contribution is -2.50. The lowest BCUT2D eigenvalue weighted by Gasteiger charge is -2.22. The minimum absolute atomic E-state index is 0.420. The SMILES string of the molecule is COc1ccc(CNC(C)(C)C(N)=O)cc1C#N. The summed E-state index contributed by atoms with van der Waals surface area (Å²) >= 11 is 0. The van der Waals surface area contributed by atoms with Crippen LogP contribution in [0.2, 0.25) is 0 Å². The summed E-state index contributed by atoms with van der Waals surface area (Å²) in [6.07, 6.45) is 0. The monoisotopic (exact) mass is 247 g/mol. The summed E-state index contributed by atoms with van der Waals surface area (Å²) in [6, 6.07) is 7.35. The average Bonchev–Trinajstić information content (AvgIpc) is 2.35. The molecule has 1 aromatic carbocycles. The molecule has 0 saturated carbocycles. The van der Waals surface area contributed by atoms with Gasteiger partial charge >= 0.3 is 0 Å². The van der Waals surface area contributed by atoms with Crippen LogP contribution in [0.3, 0.4) is 0 Å². The van der Waals surface area contributed by atoms with Crippen molar-refractivity contribution in [3.63, 3.8) is 0 Å². The van der Waals surface area contributed by atoms with E-state index < -0.39 is 11.4 Å². The third-order valence-electron chi connectivity index (χ3n) is 2.73. The van der Waals surface area contributed by atoms with E-state index in [9.17, 15) is 4.79 Å². The summed E-state index contributed by atoms with van der Waals surface area (Å²) in [4.78, 5) is 11.2. The minimum Gasteiger partial charge on any atom is -0.495 e. The number of carbonyl (C=O) groups excluding carboxylic acids is 1. The first-order chi connectivity index (χ1) is 8.40. The number of carbonyl (C=O) groups is 1. The van der Waals surface area contributed by atoms with E-state index >= 15 is 0 Å². The largest absolute Gasteiger partial charge is 0.495 e. The summed E-state index contributed by atoms with van der Waals surface area (Å²) in [5.41, 5.74) is 5.83. The van der Waals surface area contributed by atoms with Gasteiger partial charge in [0.05, 0.1) is 18.2 Å². The second-order valence-corrected chi connectivity index (χ2v) is 4.49. The Morgan fingerprint density at radius 2 is 2.22 bits per heavy atom. The molecule has 3 N–H and O–H groups in total. The molecule has 0 atom stereocenters. The number of nitriles is 1. The fraction of sp³-hybridized carbons (Fsp3) is 0.385. The van der Waals surface area contributed by atoms with E-state index in [1.807, 2.05) is 6.07 Å². The highest BCUT2D eigenvalue weighted by molar-refractivity contribution is 5.83. The summed E-state index contributed by atoms with van der Waals surface area (Å²) in [5.74, 6) is 0.118.